The number of methoxy groups -OCH3 is 1. The number of nitrogens with two attached hydrogens (primary N) is 2. The number of nitrogen functional groups attached to an aromatic ring is 1. The number of carboxylic acids is 1. The number of nitrogens with zero attached hydrogens (tertiary/aromatic N) is 4. The minimum Gasteiger partial charge on any atom is -0.477 e. The molecule has 0 unspecified atom stereocenters. The molecular formula is C31H30ClN7O7. The van der Waals surface area contributed by atoms with Gasteiger partial charge in [0.1, 0.15) is 29.1 Å². The first-order valence-electron chi connectivity index (χ1n) is 13.8. The van der Waals surface area contributed by atoms with Crippen LogP contribution in [0.3, 0.4) is 0 Å². The van der Waals surface area contributed by atoms with Gasteiger partial charge in [-0.15, -0.1) is 12.4 Å². The molecule has 0 atom stereocenters. The van der Waals surface area contributed by atoms with Gasteiger partial charge in [-0.1, -0.05) is 30.3 Å². The number of halogens is 1. The van der Waals surface area contributed by atoms with Gasteiger partial charge in [0.15, 0.2) is 5.65 Å². The topological polar surface area (TPSA) is 212 Å². The van der Waals surface area contributed by atoms with E-state index in [1.54, 1.807) is 24.3 Å². The molecule has 0 fully saturated rings. The van der Waals surface area contributed by atoms with Crippen LogP contribution in [0.4, 0.5) is 11.4 Å². The number of benzene rings is 2. The van der Waals surface area contributed by atoms with Gasteiger partial charge in [0.25, 0.3) is 16.8 Å². The molecule has 0 bridgehead atoms. The fourth-order valence-electron chi connectivity index (χ4n) is 4.98. The normalized spacial score (nSPS) is 12.0. The van der Waals surface area contributed by atoms with Gasteiger partial charge in [-0.25, -0.2) is 19.6 Å². The smallest absolute Gasteiger partial charge is 0.353 e. The number of hydrogen-bond acceptors (Lipinski definition) is 11. The van der Waals surface area contributed by atoms with Crippen LogP contribution >= 0.6 is 12.4 Å². The number of fused-ring (bicyclic) bond motifs is 2. The Bertz CT molecular complexity index is 2000. The van der Waals surface area contributed by atoms with Gasteiger partial charge in [-0.3, -0.25) is 18.8 Å². The van der Waals surface area contributed by atoms with E-state index >= 15 is 0 Å². The Kier molecular flexibility index (Phi) is 10.1. The lowest BCUT2D eigenvalue weighted by atomic mass is 9.96. The Labute approximate surface area is 267 Å². The van der Waals surface area contributed by atoms with Gasteiger partial charge < -0.3 is 31.5 Å². The number of ether oxygens (including phenoxy) is 1. The highest BCUT2D eigenvalue weighted by Crippen LogP contribution is 2.26. The number of carbonyl (C=O) groups excluding carboxylic acids is 2. The highest BCUT2D eigenvalue weighted by atomic mass is 35.5. The van der Waals surface area contributed by atoms with Crippen molar-refractivity contribution in [3.05, 3.63) is 121 Å². The molecule has 3 aromatic carbocycles. The van der Waals surface area contributed by atoms with Crippen molar-refractivity contribution in [3.63, 3.8) is 0 Å². The zero-order valence-corrected chi connectivity index (χ0v) is 25.4. The van der Waals surface area contributed by atoms with E-state index in [9.17, 15) is 29.1 Å². The number of amides is 1. The zero-order chi connectivity index (χ0) is 32.2. The molecule has 6 rings (SSSR count). The number of aromatic nitrogens is 3. The highest BCUT2D eigenvalue weighted by Gasteiger charge is 2.26. The molecule has 46 heavy (non-hydrogen) atoms. The van der Waals surface area contributed by atoms with Crippen molar-refractivity contribution in [1.82, 2.24) is 19.7 Å². The van der Waals surface area contributed by atoms with Crippen LogP contribution in [0, 0.1) is 0 Å². The van der Waals surface area contributed by atoms with Crippen LogP contribution < -0.4 is 32.5 Å². The molecule has 0 aliphatic carbocycles. The third-order valence-corrected chi connectivity index (χ3v) is 7.42. The predicted octanol–water partition coefficient (Wildman–Crippen LogP) is 1.45. The molecule has 238 valence electrons. The minimum atomic E-state index is -1.19. The van der Waals surface area contributed by atoms with E-state index in [1.165, 1.54) is 35.7 Å². The second-order valence-electron chi connectivity index (χ2n) is 10.2. The molecule has 3 heterocycles. The maximum atomic E-state index is 12.3. The Balaban J connectivity index is 0.000000213. The van der Waals surface area contributed by atoms with E-state index in [-0.39, 0.29) is 41.7 Å². The highest BCUT2D eigenvalue weighted by molar-refractivity contribution is 5.96. The average Bonchev–Trinajstić information content (AvgIpc) is 3.55. The van der Waals surface area contributed by atoms with Gasteiger partial charge in [0, 0.05) is 32.2 Å². The van der Waals surface area contributed by atoms with E-state index in [0.29, 0.717) is 30.9 Å². The summed E-state index contributed by atoms with van der Waals surface area (Å²) in [6.07, 6.45) is 3.53. The van der Waals surface area contributed by atoms with Crippen molar-refractivity contribution in [2.24, 2.45) is 5.73 Å². The SMILES string of the molecule is COC(=O)c1ccc(CNC(=O)c2cc(C(=O)O)n3cncc3n2)cc1.Cl.NCc1ccc2c(c1)CN(c1c(N)c(=O)c1=O)CC2. The number of nitrogens with one attached hydrogen (secondary N) is 1. The summed E-state index contributed by atoms with van der Waals surface area (Å²) in [6.45, 7) is 2.01. The van der Waals surface area contributed by atoms with Crippen LogP contribution in [0.2, 0.25) is 0 Å². The van der Waals surface area contributed by atoms with Crippen molar-refractivity contribution in [3.8, 4) is 0 Å². The molecule has 5 aromatic rings. The van der Waals surface area contributed by atoms with Crippen LogP contribution in [0.15, 0.2) is 70.6 Å². The number of carbonyl (C=O) groups is 3. The monoisotopic (exact) mass is 647 g/mol. The average molecular weight is 648 g/mol. The van der Waals surface area contributed by atoms with E-state index in [0.717, 1.165) is 23.1 Å². The summed E-state index contributed by atoms with van der Waals surface area (Å²) < 4.78 is 5.90. The Morgan fingerprint density at radius 1 is 1.02 bits per heavy atom. The second kappa shape index (κ2) is 14.0. The quantitative estimate of drug-likeness (QED) is 0.146. The first kappa shape index (κ1) is 33.3. The van der Waals surface area contributed by atoms with E-state index < -0.39 is 28.7 Å². The molecule has 0 saturated carbocycles. The lowest BCUT2D eigenvalue weighted by molar-refractivity contribution is 0.0599. The molecule has 0 spiro atoms. The summed E-state index contributed by atoms with van der Waals surface area (Å²) in [5.74, 6) is -2.16. The maximum Gasteiger partial charge on any atom is 0.353 e. The van der Waals surface area contributed by atoms with E-state index in [1.807, 2.05) is 11.0 Å². The molecule has 2 aromatic heterocycles. The van der Waals surface area contributed by atoms with Crippen molar-refractivity contribution in [1.29, 1.82) is 0 Å². The first-order valence-corrected chi connectivity index (χ1v) is 13.8. The molecule has 1 amide bonds. The molecule has 1 aliphatic heterocycles. The third kappa shape index (κ3) is 6.72. The molecular weight excluding hydrogens is 618 g/mol. The summed E-state index contributed by atoms with van der Waals surface area (Å²) in [7, 11) is 1.30. The first-order chi connectivity index (χ1) is 21.6. The van der Waals surface area contributed by atoms with E-state index in [2.05, 4.69) is 32.2 Å². The summed E-state index contributed by atoms with van der Waals surface area (Å²) in [6, 6.07) is 13.9. The number of anilines is 2. The molecule has 0 radical (unpaired) electrons. The molecule has 15 heteroatoms. The van der Waals surface area contributed by atoms with Crippen molar-refractivity contribution >= 4 is 47.3 Å². The molecule has 14 nitrogen and oxygen atoms in total. The predicted molar refractivity (Wildman–Crippen MR) is 171 cm³/mol. The second-order valence-corrected chi connectivity index (χ2v) is 10.2. The minimum absolute atomic E-state index is 0. The van der Waals surface area contributed by atoms with Gasteiger partial charge in [0.2, 0.25) is 0 Å². The Hall–Kier alpha value is -5.60. The summed E-state index contributed by atoms with van der Waals surface area (Å²) >= 11 is 0. The van der Waals surface area contributed by atoms with Crippen LogP contribution in [0.25, 0.3) is 5.65 Å². The maximum absolute atomic E-state index is 12.3. The van der Waals surface area contributed by atoms with Gasteiger partial charge in [-0.05, 0) is 40.8 Å². The van der Waals surface area contributed by atoms with E-state index in [4.69, 9.17) is 11.5 Å². The summed E-state index contributed by atoms with van der Waals surface area (Å²) in [5, 5.41) is 11.9. The Morgan fingerprint density at radius 3 is 2.39 bits per heavy atom. The molecule has 0 saturated heterocycles. The number of carboxylic acid groups (broad SMARTS) is 1. The number of imidazole rings is 1. The molecule has 1 aliphatic rings. The number of esters is 1. The third-order valence-electron chi connectivity index (χ3n) is 7.42. The van der Waals surface area contributed by atoms with Crippen molar-refractivity contribution in [2.75, 3.05) is 24.3 Å². The lowest BCUT2D eigenvalue weighted by Gasteiger charge is -2.31. The summed E-state index contributed by atoms with van der Waals surface area (Å²) in [4.78, 5) is 67.6. The largest absolute Gasteiger partial charge is 0.477 e. The van der Waals surface area contributed by atoms with Crippen LogP contribution in [0.1, 0.15) is 53.6 Å². The van der Waals surface area contributed by atoms with Crippen LogP contribution in [-0.2, 0) is 30.8 Å². The lowest BCUT2D eigenvalue weighted by Crippen LogP contribution is -2.44. The fourth-order valence-corrected chi connectivity index (χ4v) is 4.98. The fraction of sp³-hybridized carbons (Fsp3) is 0.194. The number of aromatic carboxylic acids is 1. The van der Waals surface area contributed by atoms with Crippen LogP contribution in [-0.4, -0.2) is 51.0 Å². The van der Waals surface area contributed by atoms with Crippen molar-refractivity contribution < 1.29 is 24.2 Å². The standard InChI is InChI=1S/C17H14N4O5.C14H15N3O2.ClH/c1-26-17(25)11-4-2-10(3-5-11)7-19-15(22)12-6-13(16(23)24)21-9-18-8-14(21)20-12;15-6-8-1-2-9-3-4-17(7-10(9)5-8)12-11(16)13(18)14(12)19;/h2-6,8-9H,7H2,1H3,(H,19,22)(H,23,24);1-2,5H,3-4,6-7,15-16H2;1H. The summed E-state index contributed by atoms with van der Waals surface area (Å²) in [5.41, 5.74) is 15.5. The van der Waals surface area contributed by atoms with Gasteiger partial charge in [-0.2, -0.15) is 0 Å². The number of rotatable bonds is 7. The zero-order valence-electron chi connectivity index (χ0n) is 24.6. The van der Waals surface area contributed by atoms with Gasteiger partial charge in [0.05, 0.1) is 18.9 Å². The van der Waals surface area contributed by atoms with Crippen molar-refractivity contribution in [2.45, 2.75) is 26.1 Å². The molecule has 6 N–H and O–H groups in total. The number of hydrogen-bond donors (Lipinski definition) is 4. The van der Waals surface area contributed by atoms with Gasteiger partial charge >= 0.3 is 11.9 Å². The Morgan fingerprint density at radius 2 is 1.74 bits per heavy atom. The van der Waals surface area contributed by atoms with Crippen LogP contribution in [0.5, 0.6) is 0 Å².